The number of ketones is 1. The summed E-state index contributed by atoms with van der Waals surface area (Å²) in [5.74, 6) is -0.932. The maximum Gasteiger partial charge on any atom is 0.258 e. The van der Waals surface area contributed by atoms with Crippen molar-refractivity contribution < 1.29 is 18.0 Å². The highest BCUT2D eigenvalue weighted by molar-refractivity contribution is 7.91. The molecule has 4 aromatic rings. The first kappa shape index (κ1) is 22.6. The van der Waals surface area contributed by atoms with Gasteiger partial charge in [0.2, 0.25) is 5.78 Å². The molecule has 0 saturated heterocycles. The van der Waals surface area contributed by atoms with Gasteiger partial charge < -0.3 is 0 Å². The van der Waals surface area contributed by atoms with Crippen LogP contribution in [0.15, 0.2) is 89.8 Å². The predicted octanol–water partition coefficient (Wildman–Crippen LogP) is 5.09. The average molecular weight is 477 g/mol. The van der Waals surface area contributed by atoms with Gasteiger partial charge in [0.15, 0.2) is 15.0 Å². The zero-order valence-corrected chi connectivity index (χ0v) is 19.3. The van der Waals surface area contributed by atoms with Crippen molar-refractivity contribution in [1.82, 2.24) is 4.98 Å². The second-order valence-corrected chi connectivity index (χ2v) is 10.4. The summed E-state index contributed by atoms with van der Waals surface area (Å²) in [5.41, 5.74) is 1.74. The largest absolute Gasteiger partial charge is 0.298 e. The van der Waals surface area contributed by atoms with Crippen LogP contribution in [0.5, 0.6) is 0 Å². The van der Waals surface area contributed by atoms with E-state index in [1.54, 1.807) is 36.4 Å². The molecule has 4 rings (SSSR count). The molecule has 8 heteroatoms. The Kier molecular flexibility index (Phi) is 6.48. The third-order valence-electron chi connectivity index (χ3n) is 4.98. The van der Waals surface area contributed by atoms with E-state index >= 15 is 0 Å². The fraction of sp³-hybridized carbons (Fsp3) is 0.0800. The number of thiazole rings is 1. The Labute approximate surface area is 195 Å². The smallest absolute Gasteiger partial charge is 0.258 e. The number of hydrogen-bond acceptors (Lipinski definition) is 6. The zero-order chi connectivity index (χ0) is 23.4. The number of nitrogens with zero attached hydrogens (tertiary/aromatic N) is 1. The van der Waals surface area contributed by atoms with Crippen LogP contribution < -0.4 is 5.32 Å². The molecule has 0 spiro atoms. The van der Waals surface area contributed by atoms with Crippen LogP contribution in [0, 0.1) is 0 Å². The Hall–Kier alpha value is -3.62. The molecule has 0 aliphatic rings. The van der Waals surface area contributed by atoms with Gasteiger partial charge >= 0.3 is 0 Å². The van der Waals surface area contributed by atoms with Crippen molar-refractivity contribution in [3.8, 4) is 11.3 Å². The second kappa shape index (κ2) is 9.48. The molecule has 166 valence electrons. The number of anilines is 1. The molecule has 33 heavy (non-hydrogen) atoms. The number of carbonyl (C=O) groups excluding carboxylic acids is 2. The van der Waals surface area contributed by atoms with Crippen LogP contribution in [0.3, 0.4) is 0 Å². The van der Waals surface area contributed by atoms with E-state index in [9.17, 15) is 18.0 Å². The lowest BCUT2D eigenvalue weighted by Gasteiger charge is -2.08. The van der Waals surface area contributed by atoms with Gasteiger partial charge in [-0.15, -0.1) is 0 Å². The van der Waals surface area contributed by atoms with E-state index in [-0.39, 0.29) is 27.1 Å². The van der Waals surface area contributed by atoms with Crippen molar-refractivity contribution in [2.24, 2.45) is 0 Å². The molecule has 1 aromatic heterocycles. The minimum absolute atomic E-state index is 0.0340. The van der Waals surface area contributed by atoms with Crippen molar-refractivity contribution >= 4 is 38.0 Å². The highest BCUT2D eigenvalue weighted by Gasteiger charge is 2.24. The Morgan fingerprint density at radius 3 is 2.15 bits per heavy atom. The van der Waals surface area contributed by atoms with Crippen molar-refractivity contribution in [3.63, 3.8) is 0 Å². The van der Waals surface area contributed by atoms with E-state index in [0.717, 1.165) is 16.9 Å². The summed E-state index contributed by atoms with van der Waals surface area (Å²) in [5, 5.41) is 2.89. The molecule has 0 radical (unpaired) electrons. The topological polar surface area (TPSA) is 93.2 Å². The van der Waals surface area contributed by atoms with E-state index in [0.29, 0.717) is 16.1 Å². The van der Waals surface area contributed by atoms with E-state index in [2.05, 4.69) is 10.3 Å². The molecule has 0 fully saturated rings. The van der Waals surface area contributed by atoms with Crippen LogP contribution in [0.4, 0.5) is 5.13 Å². The molecule has 1 amide bonds. The van der Waals surface area contributed by atoms with Crippen LogP contribution in [-0.4, -0.2) is 30.8 Å². The lowest BCUT2D eigenvalue weighted by atomic mass is 10.1. The number of nitrogens with one attached hydrogen (secondary N) is 1. The minimum Gasteiger partial charge on any atom is -0.298 e. The average Bonchev–Trinajstić information content (AvgIpc) is 3.28. The van der Waals surface area contributed by atoms with Gasteiger partial charge in [-0.05, 0) is 12.1 Å². The van der Waals surface area contributed by atoms with Crippen molar-refractivity contribution in [2.75, 3.05) is 11.1 Å². The van der Waals surface area contributed by atoms with Crippen molar-refractivity contribution in [3.05, 3.63) is 101 Å². The van der Waals surface area contributed by atoms with Gasteiger partial charge in [-0.2, -0.15) is 0 Å². The number of rotatable bonds is 7. The van der Waals surface area contributed by atoms with Crippen molar-refractivity contribution in [1.29, 1.82) is 0 Å². The lowest BCUT2D eigenvalue weighted by molar-refractivity contribution is 0.102. The SMILES string of the molecule is CCS(=O)(=O)c1ccccc1C(=O)Nc1nc(-c2ccccc2)c(C(=O)c2ccccc2)s1. The zero-order valence-electron chi connectivity index (χ0n) is 17.7. The van der Waals surface area contributed by atoms with Gasteiger partial charge in [-0.25, -0.2) is 13.4 Å². The first-order valence-corrected chi connectivity index (χ1v) is 12.7. The van der Waals surface area contributed by atoms with Gasteiger partial charge in [-0.3, -0.25) is 14.9 Å². The maximum absolute atomic E-state index is 13.2. The monoisotopic (exact) mass is 476 g/mol. The summed E-state index contributed by atoms with van der Waals surface area (Å²) in [7, 11) is -3.59. The highest BCUT2D eigenvalue weighted by atomic mass is 32.2. The summed E-state index contributed by atoms with van der Waals surface area (Å²) < 4.78 is 24.9. The van der Waals surface area contributed by atoms with E-state index < -0.39 is 15.7 Å². The highest BCUT2D eigenvalue weighted by Crippen LogP contribution is 2.33. The first-order valence-electron chi connectivity index (χ1n) is 10.2. The molecule has 1 heterocycles. The standard InChI is InChI=1S/C25H20N2O4S2/c1-2-33(30,31)20-16-10-9-15-19(20)24(29)27-25-26-21(17-11-5-3-6-12-17)23(32-25)22(28)18-13-7-4-8-14-18/h3-16H,2H2,1H3,(H,26,27,29). The lowest BCUT2D eigenvalue weighted by Crippen LogP contribution is -2.17. The van der Waals surface area contributed by atoms with Gasteiger partial charge in [0.1, 0.15) is 4.88 Å². The molecule has 0 aliphatic heterocycles. The molecule has 6 nitrogen and oxygen atoms in total. The normalized spacial score (nSPS) is 11.2. The third kappa shape index (κ3) is 4.76. The fourth-order valence-corrected chi connectivity index (χ4v) is 5.32. The third-order valence-corrected chi connectivity index (χ3v) is 7.74. The van der Waals surface area contributed by atoms with Crippen LogP contribution in [0.2, 0.25) is 0 Å². The Morgan fingerprint density at radius 2 is 1.48 bits per heavy atom. The molecule has 3 aromatic carbocycles. The maximum atomic E-state index is 13.2. The first-order chi connectivity index (χ1) is 15.9. The van der Waals surface area contributed by atoms with Gasteiger partial charge in [0, 0.05) is 11.1 Å². The summed E-state index contributed by atoms with van der Waals surface area (Å²) in [6, 6.07) is 24.1. The number of carbonyl (C=O) groups is 2. The molecular formula is C25H20N2O4S2. The van der Waals surface area contributed by atoms with Gasteiger partial charge in [-0.1, -0.05) is 91.1 Å². The number of amides is 1. The summed E-state index contributed by atoms with van der Waals surface area (Å²) in [6.45, 7) is 1.53. The summed E-state index contributed by atoms with van der Waals surface area (Å²) in [4.78, 5) is 31.1. The molecule has 0 atom stereocenters. The fourth-order valence-electron chi connectivity index (χ4n) is 3.29. The van der Waals surface area contributed by atoms with E-state index in [1.165, 1.54) is 19.1 Å². The number of benzene rings is 3. The van der Waals surface area contributed by atoms with Crippen LogP contribution in [-0.2, 0) is 9.84 Å². The summed E-state index contributed by atoms with van der Waals surface area (Å²) >= 11 is 1.06. The van der Waals surface area contributed by atoms with Crippen LogP contribution >= 0.6 is 11.3 Å². The number of hydrogen-bond donors (Lipinski definition) is 1. The number of sulfone groups is 1. The van der Waals surface area contributed by atoms with Crippen molar-refractivity contribution in [2.45, 2.75) is 11.8 Å². The van der Waals surface area contributed by atoms with E-state index in [1.807, 2.05) is 36.4 Å². The predicted molar refractivity (Wildman–Crippen MR) is 130 cm³/mol. The quantitative estimate of drug-likeness (QED) is 0.375. The molecular weight excluding hydrogens is 456 g/mol. The molecule has 0 bridgehead atoms. The van der Waals surface area contributed by atoms with Crippen LogP contribution in [0.1, 0.15) is 32.5 Å². The summed E-state index contributed by atoms with van der Waals surface area (Å²) in [6.07, 6.45) is 0. The minimum atomic E-state index is -3.59. The van der Waals surface area contributed by atoms with Crippen LogP contribution in [0.25, 0.3) is 11.3 Å². The Balaban J connectivity index is 1.74. The molecule has 0 aliphatic carbocycles. The Bertz CT molecular complexity index is 1410. The second-order valence-electron chi connectivity index (χ2n) is 7.11. The molecule has 0 saturated carbocycles. The Morgan fingerprint density at radius 1 is 0.879 bits per heavy atom. The van der Waals surface area contributed by atoms with Gasteiger partial charge in [0.25, 0.3) is 5.91 Å². The molecule has 1 N–H and O–H groups in total. The number of aromatic nitrogens is 1. The van der Waals surface area contributed by atoms with Gasteiger partial charge in [0.05, 0.1) is 21.9 Å². The van der Waals surface area contributed by atoms with E-state index in [4.69, 9.17) is 0 Å². The molecule has 0 unspecified atom stereocenters.